The number of rotatable bonds is 3. The van der Waals surface area contributed by atoms with Crippen LogP contribution >= 0.6 is 0 Å². The summed E-state index contributed by atoms with van der Waals surface area (Å²) in [6.45, 7) is 2.21. The van der Waals surface area contributed by atoms with Crippen molar-refractivity contribution in [1.29, 1.82) is 0 Å². The van der Waals surface area contributed by atoms with E-state index >= 15 is 0 Å². The van der Waals surface area contributed by atoms with Crippen LogP contribution < -0.4 is 15.4 Å². The van der Waals surface area contributed by atoms with Gasteiger partial charge in [0, 0.05) is 45.0 Å². The summed E-state index contributed by atoms with van der Waals surface area (Å²) in [7, 11) is -2.08. The van der Waals surface area contributed by atoms with Gasteiger partial charge in [0.25, 0.3) is 0 Å². The van der Waals surface area contributed by atoms with Crippen LogP contribution in [-0.4, -0.2) is 48.7 Å². The average molecular weight is 376 g/mol. The van der Waals surface area contributed by atoms with Gasteiger partial charge in [0.05, 0.1) is 5.69 Å². The van der Waals surface area contributed by atoms with Crippen molar-refractivity contribution in [2.75, 3.05) is 35.5 Å². The number of nitrogens with one attached hydrogen (secondary N) is 1. The highest BCUT2D eigenvalue weighted by atomic mass is 32.2. The molecule has 0 unspecified atom stereocenters. The Morgan fingerprint density at radius 2 is 2.00 bits per heavy atom. The van der Waals surface area contributed by atoms with Crippen molar-refractivity contribution >= 4 is 33.4 Å². The normalized spacial score (nSPS) is 17.1. The molecule has 0 aromatic carbocycles. The van der Waals surface area contributed by atoms with Crippen molar-refractivity contribution in [2.45, 2.75) is 13.3 Å². The Morgan fingerprint density at radius 1 is 1.23 bits per heavy atom. The maximum atomic E-state index is 12.6. The highest BCUT2D eigenvalue weighted by molar-refractivity contribution is 7.90. The molecular weight excluding hydrogens is 356 g/mol. The highest BCUT2D eigenvalue weighted by Crippen LogP contribution is 2.32. The lowest BCUT2D eigenvalue weighted by Gasteiger charge is -2.34. The summed E-state index contributed by atoms with van der Waals surface area (Å²) in [5, 5.41) is 2.62. The van der Waals surface area contributed by atoms with Crippen LogP contribution in [0.15, 0.2) is 30.6 Å². The van der Waals surface area contributed by atoms with Crippen LogP contribution in [0.25, 0.3) is 11.1 Å². The van der Waals surface area contributed by atoms with Gasteiger partial charge in [0.2, 0.25) is 5.91 Å². The quantitative estimate of drug-likeness (QED) is 0.826. The third-order valence-electron chi connectivity index (χ3n) is 4.07. The Bertz CT molecular complexity index is 947. The number of aromatic nitrogens is 2. The maximum absolute atomic E-state index is 12.6. The standard InChI is InChI=1S/C16H20N6O3S/c1-11(23)20-15-9-12(4-5-18-15)13-8-14(16(17)19-10-13)22-7-3-6-21(2)26(22,24)25/h4-5,8-10H,3,6-7H2,1-2H3,(H2,17,19)(H,18,20,23). The van der Waals surface area contributed by atoms with E-state index in [0.717, 1.165) is 5.56 Å². The predicted molar refractivity (Wildman–Crippen MR) is 99.7 cm³/mol. The Hall–Kier alpha value is -2.72. The van der Waals surface area contributed by atoms with Gasteiger partial charge < -0.3 is 11.1 Å². The molecule has 0 bridgehead atoms. The SMILES string of the molecule is CC(=O)Nc1cc(-c2cnc(N)c(N3CCCN(C)S3(=O)=O)c2)ccn1. The molecule has 0 aliphatic carbocycles. The number of pyridine rings is 2. The van der Waals surface area contributed by atoms with Crippen molar-refractivity contribution in [2.24, 2.45) is 0 Å². The zero-order valence-corrected chi connectivity index (χ0v) is 15.3. The van der Waals surface area contributed by atoms with E-state index in [-0.39, 0.29) is 11.7 Å². The van der Waals surface area contributed by atoms with Gasteiger partial charge >= 0.3 is 10.2 Å². The van der Waals surface area contributed by atoms with Crippen LogP contribution in [0.3, 0.4) is 0 Å². The van der Waals surface area contributed by atoms with E-state index < -0.39 is 10.2 Å². The van der Waals surface area contributed by atoms with Gasteiger partial charge in [-0.2, -0.15) is 12.7 Å². The Kier molecular flexibility index (Phi) is 4.79. The fraction of sp³-hybridized carbons (Fsp3) is 0.312. The molecule has 138 valence electrons. The molecule has 0 atom stereocenters. The monoisotopic (exact) mass is 376 g/mol. The Labute approximate surface area is 152 Å². The van der Waals surface area contributed by atoms with Crippen LogP contribution in [0.4, 0.5) is 17.3 Å². The van der Waals surface area contributed by atoms with Gasteiger partial charge in [-0.25, -0.2) is 9.97 Å². The second kappa shape index (κ2) is 6.89. The van der Waals surface area contributed by atoms with Crippen molar-refractivity contribution in [3.05, 3.63) is 30.6 Å². The van der Waals surface area contributed by atoms with Gasteiger partial charge in [-0.05, 0) is 30.2 Å². The van der Waals surface area contributed by atoms with Gasteiger partial charge in [-0.3, -0.25) is 9.10 Å². The zero-order chi connectivity index (χ0) is 18.9. The third-order valence-corrected chi connectivity index (χ3v) is 5.98. The minimum atomic E-state index is -3.62. The molecule has 3 rings (SSSR count). The molecule has 1 amide bonds. The summed E-state index contributed by atoms with van der Waals surface area (Å²) in [6.07, 6.45) is 3.81. The smallest absolute Gasteiger partial charge is 0.303 e. The first-order valence-electron chi connectivity index (χ1n) is 8.02. The number of amides is 1. The van der Waals surface area contributed by atoms with E-state index in [9.17, 15) is 13.2 Å². The van der Waals surface area contributed by atoms with Gasteiger partial charge in [0.15, 0.2) is 0 Å². The van der Waals surface area contributed by atoms with Gasteiger partial charge in [0.1, 0.15) is 11.6 Å². The van der Waals surface area contributed by atoms with E-state index in [1.54, 1.807) is 30.6 Å². The summed E-state index contributed by atoms with van der Waals surface area (Å²) in [5.74, 6) is 0.315. The van der Waals surface area contributed by atoms with Crippen molar-refractivity contribution in [1.82, 2.24) is 14.3 Å². The zero-order valence-electron chi connectivity index (χ0n) is 14.5. The maximum Gasteiger partial charge on any atom is 0.303 e. The molecule has 0 radical (unpaired) electrons. The van der Waals surface area contributed by atoms with Crippen LogP contribution in [0, 0.1) is 0 Å². The van der Waals surface area contributed by atoms with E-state index in [0.29, 0.717) is 36.6 Å². The topological polar surface area (TPSA) is 122 Å². The van der Waals surface area contributed by atoms with Crippen LogP contribution in [0.2, 0.25) is 0 Å². The summed E-state index contributed by atoms with van der Waals surface area (Å²) < 4.78 is 27.8. The molecule has 1 aliphatic rings. The molecule has 0 saturated carbocycles. The molecule has 3 N–H and O–H groups in total. The molecule has 0 spiro atoms. The fourth-order valence-electron chi connectivity index (χ4n) is 2.76. The predicted octanol–water partition coefficient (Wildman–Crippen LogP) is 1.07. The molecule has 10 heteroatoms. The number of nitrogens with two attached hydrogens (primary N) is 1. The van der Waals surface area contributed by atoms with Crippen molar-refractivity contribution < 1.29 is 13.2 Å². The lowest BCUT2D eigenvalue weighted by atomic mass is 10.1. The lowest BCUT2D eigenvalue weighted by Crippen LogP contribution is -2.48. The first-order valence-corrected chi connectivity index (χ1v) is 9.42. The minimum absolute atomic E-state index is 0.142. The second-order valence-electron chi connectivity index (χ2n) is 5.99. The number of anilines is 3. The first kappa shape index (κ1) is 18.1. The number of hydrogen-bond acceptors (Lipinski definition) is 6. The summed E-state index contributed by atoms with van der Waals surface area (Å²) >= 11 is 0. The number of carbonyl (C=O) groups excluding carboxylic acids is 1. The van der Waals surface area contributed by atoms with Crippen LogP contribution in [0.1, 0.15) is 13.3 Å². The molecule has 1 saturated heterocycles. The number of nitrogens with zero attached hydrogens (tertiary/aromatic N) is 4. The lowest BCUT2D eigenvalue weighted by molar-refractivity contribution is -0.114. The molecule has 9 nitrogen and oxygen atoms in total. The molecule has 1 aliphatic heterocycles. The average Bonchev–Trinajstić information content (AvgIpc) is 2.58. The fourth-order valence-corrected chi connectivity index (χ4v) is 4.21. The second-order valence-corrected chi connectivity index (χ2v) is 7.95. The highest BCUT2D eigenvalue weighted by Gasteiger charge is 2.32. The van der Waals surface area contributed by atoms with Gasteiger partial charge in [-0.15, -0.1) is 0 Å². The van der Waals surface area contributed by atoms with Crippen LogP contribution in [0.5, 0.6) is 0 Å². The summed E-state index contributed by atoms with van der Waals surface area (Å²) in [6, 6.07) is 5.13. The van der Waals surface area contributed by atoms with E-state index in [2.05, 4.69) is 15.3 Å². The molecule has 3 heterocycles. The number of nitrogen functional groups attached to an aromatic ring is 1. The first-order chi connectivity index (χ1) is 12.3. The molecule has 26 heavy (non-hydrogen) atoms. The minimum Gasteiger partial charge on any atom is -0.382 e. The van der Waals surface area contributed by atoms with Crippen molar-refractivity contribution in [3.8, 4) is 11.1 Å². The summed E-state index contributed by atoms with van der Waals surface area (Å²) in [4.78, 5) is 19.4. The molecule has 1 fully saturated rings. The Balaban J connectivity index is 2.02. The van der Waals surface area contributed by atoms with E-state index in [1.165, 1.54) is 22.6 Å². The summed E-state index contributed by atoms with van der Waals surface area (Å²) in [5.41, 5.74) is 7.70. The molecule has 2 aromatic rings. The Morgan fingerprint density at radius 3 is 2.73 bits per heavy atom. The number of carbonyl (C=O) groups is 1. The van der Waals surface area contributed by atoms with Crippen molar-refractivity contribution in [3.63, 3.8) is 0 Å². The van der Waals surface area contributed by atoms with E-state index in [1.807, 2.05) is 0 Å². The number of hydrogen-bond donors (Lipinski definition) is 2. The van der Waals surface area contributed by atoms with Crippen LogP contribution in [-0.2, 0) is 15.0 Å². The third kappa shape index (κ3) is 3.46. The molecule has 2 aromatic heterocycles. The largest absolute Gasteiger partial charge is 0.382 e. The van der Waals surface area contributed by atoms with Gasteiger partial charge in [-0.1, -0.05) is 0 Å². The van der Waals surface area contributed by atoms with E-state index in [4.69, 9.17) is 5.73 Å². The molecular formula is C16H20N6O3S.